The fraction of sp³-hybridized carbons (Fsp3) is 0.432. The van der Waals surface area contributed by atoms with E-state index < -0.39 is 50.6 Å². The van der Waals surface area contributed by atoms with Gasteiger partial charge in [-0.15, -0.1) is 11.3 Å². The summed E-state index contributed by atoms with van der Waals surface area (Å²) in [5.74, 6) is 5.25. The summed E-state index contributed by atoms with van der Waals surface area (Å²) in [5, 5.41) is 16.0. The summed E-state index contributed by atoms with van der Waals surface area (Å²) in [6, 6.07) is 13.0. The van der Waals surface area contributed by atoms with Crippen LogP contribution in [0.25, 0.3) is 21.6 Å². The first kappa shape index (κ1) is 46.4. The molecule has 0 bridgehead atoms. The number of likely N-dealkylation sites (tertiary alicyclic amines) is 1. The molecule has 1 aliphatic rings. The third-order valence-corrected chi connectivity index (χ3v) is 12.7. The van der Waals surface area contributed by atoms with Gasteiger partial charge in [-0.1, -0.05) is 62.9 Å². The van der Waals surface area contributed by atoms with Crippen molar-refractivity contribution in [2.45, 2.75) is 89.8 Å². The van der Waals surface area contributed by atoms with Crippen molar-refractivity contribution < 1.29 is 32.6 Å². The molecule has 0 unspecified atom stereocenters. The number of β-amino-alcohol motifs (C(OH)–C–C–N with tert-alkyl or cyclic N) is 1. The zero-order chi connectivity index (χ0) is 45.8. The number of unbranched alkanes of at least 4 members (excludes halogenated alkanes) is 1. The summed E-state index contributed by atoms with van der Waals surface area (Å²) in [4.78, 5) is 77.3. The van der Waals surface area contributed by atoms with E-state index in [2.05, 4.69) is 32.4 Å². The Morgan fingerprint density at radius 2 is 1.79 bits per heavy atom. The molecule has 4 heterocycles. The minimum Gasteiger partial charge on any atom is -0.494 e. The van der Waals surface area contributed by atoms with Crippen LogP contribution in [0.4, 0.5) is 0 Å². The summed E-state index contributed by atoms with van der Waals surface area (Å²) in [6.45, 7) is 7.81. The van der Waals surface area contributed by atoms with Crippen LogP contribution in [0.2, 0.25) is 0 Å². The normalized spacial score (nSPS) is 15.8. The largest absolute Gasteiger partial charge is 0.494 e. The second-order valence-electron chi connectivity index (χ2n) is 16.7. The van der Waals surface area contributed by atoms with Crippen molar-refractivity contribution in [3.05, 3.63) is 91.7 Å². The maximum atomic E-state index is 14.0. The van der Waals surface area contributed by atoms with E-state index >= 15 is 0 Å². The topological polar surface area (TPSA) is 217 Å². The molecule has 63 heavy (non-hydrogen) atoms. The molecule has 1 fully saturated rings. The average molecular weight is 901 g/mol. The van der Waals surface area contributed by atoms with Crippen molar-refractivity contribution in [3.63, 3.8) is 0 Å². The van der Waals surface area contributed by atoms with E-state index in [0.29, 0.717) is 24.2 Å². The summed E-state index contributed by atoms with van der Waals surface area (Å²) in [7, 11) is -1.09. The van der Waals surface area contributed by atoms with Gasteiger partial charge in [-0.2, -0.15) is 4.98 Å². The molecule has 0 aliphatic carbocycles. The summed E-state index contributed by atoms with van der Waals surface area (Å²) in [5.41, 5.74) is 3.08. The van der Waals surface area contributed by atoms with Gasteiger partial charge in [0.2, 0.25) is 32.7 Å². The fourth-order valence-corrected chi connectivity index (χ4v) is 9.01. The number of carbonyl (C=O) groups is 3. The van der Waals surface area contributed by atoms with Crippen LogP contribution in [-0.4, -0.2) is 97.4 Å². The van der Waals surface area contributed by atoms with Crippen LogP contribution in [0, 0.1) is 24.2 Å². The summed E-state index contributed by atoms with van der Waals surface area (Å²) < 4.78 is 33.6. The molecule has 0 spiro atoms. The van der Waals surface area contributed by atoms with Crippen molar-refractivity contribution in [1.29, 1.82) is 0 Å². The quantitative estimate of drug-likeness (QED) is 0.109. The molecule has 2 aromatic carbocycles. The molecule has 19 heteroatoms. The van der Waals surface area contributed by atoms with Gasteiger partial charge < -0.3 is 29.9 Å². The van der Waals surface area contributed by atoms with Crippen LogP contribution in [0.5, 0.6) is 5.75 Å². The van der Waals surface area contributed by atoms with Gasteiger partial charge in [0.1, 0.15) is 17.8 Å². The second kappa shape index (κ2) is 19.1. The monoisotopic (exact) mass is 900 g/mol. The molecule has 0 saturated carbocycles. The van der Waals surface area contributed by atoms with Crippen molar-refractivity contribution in [3.8, 4) is 28.0 Å². The Hall–Kier alpha value is -6.10. The van der Waals surface area contributed by atoms with Gasteiger partial charge in [0, 0.05) is 51.8 Å². The third-order valence-electron chi connectivity index (χ3n) is 10.7. The highest BCUT2D eigenvalue weighted by Crippen LogP contribution is 2.28. The van der Waals surface area contributed by atoms with Gasteiger partial charge >= 0.3 is 5.69 Å². The first-order valence-corrected chi connectivity index (χ1v) is 23.1. The molecule has 1 saturated heterocycles. The number of imidazole rings is 1. The molecule has 3 atom stereocenters. The van der Waals surface area contributed by atoms with Crippen LogP contribution in [0.3, 0.4) is 0 Å². The Labute approximate surface area is 369 Å². The van der Waals surface area contributed by atoms with E-state index in [1.54, 1.807) is 41.1 Å². The molecule has 17 nitrogen and oxygen atoms in total. The maximum absolute atomic E-state index is 14.0. The fourth-order valence-electron chi connectivity index (χ4n) is 7.36. The summed E-state index contributed by atoms with van der Waals surface area (Å²) in [6.07, 6.45) is 1.29. The minimum absolute atomic E-state index is 0.0235. The van der Waals surface area contributed by atoms with Gasteiger partial charge in [0.25, 0.3) is 5.56 Å². The first-order chi connectivity index (χ1) is 29.7. The zero-order valence-corrected chi connectivity index (χ0v) is 37.9. The molecule has 3 amide bonds. The van der Waals surface area contributed by atoms with Crippen LogP contribution >= 0.6 is 11.3 Å². The summed E-state index contributed by atoms with van der Waals surface area (Å²) >= 11 is 1.56. The van der Waals surface area contributed by atoms with Crippen LogP contribution in [0.15, 0.2) is 68.8 Å². The smallest absolute Gasteiger partial charge is 0.333 e. The van der Waals surface area contributed by atoms with Gasteiger partial charge in [-0.25, -0.2) is 18.2 Å². The number of thiazole rings is 1. The molecule has 3 aromatic heterocycles. The van der Waals surface area contributed by atoms with Crippen LogP contribution < -0.4 is 26.6 Å². The van der Waals surface area contributed by atoms with Crippen molar-refractivity contribution in [1.82, 2.24) is 39.2 Å². The zero-order valence-electron chi connectivity index (χ0n) is 36.3. The van der Waals surface area contributed by atoms with Crippen molar-refractivity contribution >= 4 is 50.1 Å². The standard InChI is InChI=1S/C44H52N8O9S2/c1-27-36(62-26-46-27)30-18-16-29(17-19-30)24-45-39(55)33-23-31(53)25-52(33)41(57)37(44(2,3)4)47-34(54)15-8-9-21-61-32-14-10-12-28(22-32)13-11-20-51-38-35(40(56)50(6)43(51)58)49(5)42(48-38)63(7,59)60/h10,12,14,16-19,22,26,31,33,37,53H,8-9,15,20-21,23-25H2,1-7H3,(H,45,55)(H,47,54)/t31-,33+,37-/m1/s1. The average Bonchev–Trinajstić information content (AvgIpc) is 3.95. The molecule has 0 radical (unpaired) electrons. The second-order valence-corrected chi connectivity index (χ2v) is 19.5. The molecular formula is C44H52N8O9S2. The van der Waals surface area contributed by atoms with Gasteiger partial charge in [-0.05, 0) is 54.5 Å². The first-order valence-electron chi connectivity index (χ1n) is 20.4. The number of ether oxygens (including phenoxy) is 1. The highest BCUT2D eigenvalue weighted by molar-refractivity contribution is 7.90. The lowest BCUT2D eigenvalue weighted by Gasteiger charge is -2.35. The number of aryl methyl sites for hydroxylation is 2. The predicted molar refractivity (Wildman–Crippen MR) is 238 cm³/mol. The van der Waals surface area contributed by atoms with Crippen LogP contribution in [-0.2, 0) is 51.4 Å². The highest BCUT2D eigenvalue weighted by Gasteiger charge is 2.44. The molecule has 1 aliphatic heterocycles. The maximum Gasteiger partial charge on any atom is 0.333 e. The Balaban J connectivity index is 0.995. The van der Waals surface area contributed by atoms with Crippen molar-refractivity contribution in [2.75, 3.05) is 19.4 Å². The Kier molecular flexibility index (Phi) is 14.1. The van der Waals surface area contributed by atoms with E-state index in [9.17, 15) is 37.5 Å². The van der Waals surface area contributed by atoms with E-state index in [4.69, 9.17) is 4.74 Å². The lowest BCUT2D eigenvalue weighted by atomic mass is 9.85. The van der Waals surface area contributed by atoms with E-state index in [-0.39, 0.29) is 67.2 Å². The number of sulfone groups is 1. The number of nitrogens with zero attached hydrogens (tertiary/aromatic N) is 6. The number of nitrogens with one attached hydrogen (secondary N) is 2. The number of hydrogen-bond donors (Lipinski definition) is 3. The minimum atomic E-state index is -3.79. The Morgan fingerprint density at radius 3 is 2.46 bits per heavy atom. The lowest BCUT2D eigenvalue weighted by Crippen LogP contribution is -2.57. The van der Waals surface area contributed by atoms with Gasteiger partial charge in [-0.3, -0.25) is 28.3 Å². The molecule has 5 aromatic rings. The Bertz CT molecular complexity index is 2830. The van der Waals surface area contributed by atoms with Gasteiger partial charge in [0.05, 0.1) is 35.3 Å². The number of benzene rings is 2. The van der Waals surface area contributed by atoms with E-state index in [0.717, 1.165) is 41.7 Å². The molecular weight excluding hydrogens is 849 g/mol. The third kappa shape index (κ3) is 10.8. The number of amides is 3. The van der Waals surface area contributed by atoms with E-state index in [1.165, 1.54) is 19.0 Å². The predicted octanol–water partition coefficient (Wildman–Crippen LogP) is 2.68. The van der Waals surface area contributed by atoms with E-state index in [1.807, 2.05) is 52.0 Å². The lowest BCUT2D eigenvalue weighted by molar-refractivity contribution is -0.144. The molecule has 334 valence electrons. The van der Waals surface area contributed by atoms with Gasteiger partial charge in [0.15, 0.2) is 11.2 Å². The Morgan fingerprint density at radius 1 is 1.06 bits per heavy atom. The number of carbonyl (C=O) groups excluding carboxylic acids is 3. The van der Waals surface area contributed by atoms with Crippen LogP contribution in [0.1, 0.15) is 63.3 Å². The highest BCUT2D eigenvalue weighted by atomic mass is 32.2. The number of rotatable bonds is 14. The number of aliphatic hydroxyl groups excluding tert-OH is 1. The number of aliphatic hydroxyl groups is 1. The number of hydrogen-bond acceptors (Lipinski definition) is 12. The SMILES string of the molecule is Cc1ncsc1-c1ccc(CNC(=O)[C@@H]2C[C@@H](O)CN2C(=O)[C@@H](NC(=O)CCCCOc2cccc(C#CCn3c(=O)n(C)c(=O)c4c3nc(S(C)(=O)=O)n4C)c2)C(C)(C)C)cc1. The van der Waals surface area contributed by atoms with Crippen molar-refractivity contribution in [2.24, 2.45) is 19.5 Å². The molecule has 3 N–H and O–H groups in total. The number of aromatic nitrogens is 5. The molecule has 6 rings (SSSR count). The number of fused-ring (bicyclic) bond motifs is 1.